The third-order valence-electron chi connectivity index (χ3n) is 4.06. The second kappa shape index (κ2) is 11.3. The molecule has 0 heterocycles. The van der Waals surface area contributed by atoms with Crippen LogP contribution < -0.4 is 5.32 Å². The van der Waals surface area contributed by atoms with Gasteiger partial charge in [-0.3, -0.25) is 4.79 Å². The summed E-state index contributed by atoms with van der Waals surface area (Å²) in [7, 11) is 1.37. The van der Waals surface area contributed by atoms with Gasteiger partial charge < -0.3 is 19.7 Å². The van der Waals surface area contributed by atoms with Crippen LogP contribution in [0, 0.1) is 0 Å². The molecule has 1 aliphatic rings. The molecule has 1 fully saturated rings. The number of ether oxygens (including phenoxy) is 2. The predicted molar refractivity (Wildman–Crippen MR) is 89.3 cm³/mol. The van der Waals surface area contributed by atoms with E-state index in [9.17, 15) is 9.59 Å². The summed E-state index contributed by atoms with van der Waals surface area (Å²) in [4.78, 5) is 25.5. The highest BCUT2D eigenvalue weighted by molar-refractivity contribution is 5.76. The predicted octanol–water partition coefficient (Wildman–Crippen LogP) is 2.71. The van der Waals surface area contributed by atoms with E-state index in [1.165, 1.54) is 26.4 Å². The molecule has 0 unspecified atom stereocenters. The van der Waals surface area contributed by atoms with Gasteiger partial charge in [-0.25, -0.2) is 4.79 Å². The quantitative estimate of drug-likeness (QED) is 0.522. The van der Waals surface area contributed by atoms with Crippen molar-refractivity contribution in [2.24, 2.45) is 0 Å². The lowest BCUT2D eigenvalue weighted by Crippen LogP contribution is -2.46. The zero-order valence-electron chi connectivity index (χ0n) is 14.8. The fraction of sp³-hybridized carbons (Fsp3) is 0.882. The summed E-state index contributed by atoms with van der Waals surface area (Å²) >= 11 is 0. The van der Waals surface area contributed by atoms with Crippen LogP contribution in [0.1, 0.15) is 58.8 Å². The fourth-order valence-electron chi connectivity index (χ4n) is 2.73. The van der Waals surface area contributed by atoms with Gasteiger partial charge in [-0.15, -0.1) is 0 Å². The molecule has 0 saturated heterocycles. The van der Waals surface area contributed by atoms with Crippen molar-refractivity contribution in [2.75, 3.05) is 26.8 Å². The summed E-state index contributed by atoms with van der Waals surface area (Å²) in [6, 6.07) is 0.189. The molecule has 1 aliphatic carbocycles. The number of carbonyl (C=O) groups excluding carboxylic acids is 2. The van der Waals surface area contributed by atoms with Gasteiger partial charge in [-0.2, -0.15) is 0 Å². The van der Waals surface area contributed by atoms with Gasteiger partial charge in [0.15, 0.2) is 0 Å². The van der Waals surface area contributed by atoms with E-state index in [-0.39, 0.29) is 30.6 Å². The van der Waals surface area contributed by atoms with Crippen LogP contribution in [0.2, 0.25) is 0 Å². The molecule has 0 radical (unpaired) electrons. The molecule has 1 saturated carbocycles. The first-order valence-electron chi connectivity index (χ1n) is 8.76. The molecular formula is C17H32N2O4. The van der Waals surface area contributed by atoms with Crippen molar-refractivity contribution in [3.8, 4) is 0 Å². The Kier molecular flexibility index (Phi) is 9.67. The van der Waals surface area contributed by atoms with E-state index in [0.29, 0.717) is 19.7 Å². The Bertz CT molecular complexity index is 355. The van der Waals surface area contributed by atoms with Gasteiger partial charge in [-0.05, 0) is 33.1 Å². The molecule has 23 heavy (non-hydrogen) atoms. The standard InChI is InChI=1S/C17H32N2O4/c1-14(2)23-13-7-11-19(12-10-16(20)22-3)17(21)18-15-8-5-4-6-9-15/h14-15H,4-13H2,1-3H3,(H,18,21). The smallest absolute Gasteiger partial charge is 0.317 e. The Hall–Kier alpha value is -1.30. The normalized spacial score (nSPS) is 15.5. The number of rotatable bonds is 9. The highest BCUT2D eigenvalue weighted by Gasteiger charge is 2.20. The molecule has 0 aliphatic heterocycles. The Balaban J connectivity index is 2.43. The lowest BCUT2D eigenvalue weighted by atomic mass is 9.96. The second-order valence-electron chi connectivity index (χ2n) is 6.37. The van der Waals surface area contributed by atoms with E-state index in [2.05, 4.69) is 10.1 Å². The number of amides is 2. The van der Waals surface area contributed by atoms with Crippen molar-refractivity contribution < 1.29 is 19.1 Å². The molecular weight excluding hydrogens is 296 g/mol. The second-order valence-corrected chi connectivity index (χ2v) is 6.37. The maximum atomic E-state index is 12.5. The van der Waals surface area contributed by atoms with Crippen LogP contribution in [0.25, 0.3) is 0 Å². The van der Waals surface area contributed by atoms with Crippen LogP contribution in [0.5, 0.6) is 0 Å². The van der Waals surface area contributed by atoms with Crippen molar-refractivity contribution in [1.82, 2.24) is 10.2 Å². The minimum Gasteiger partial charge on any atom is -0.469 e. The number of methoxy groups -OCH3 is 1. The van der Waals surface area contributed by atoms with Crippen LogP contribution in [-0.2, 0) is 14.3 Å². The lowest BCUT2D eigenvalue weighted by Gasteiger charge is -2.28. The molecule has 0 aromatic rings. The van der Waals surface area contributed by atoms with Crippen molar-refractivity contribution in [1.29, 1.82) is 0 Å². The van der Waals surface area contributed by atoms with E-state index in [0.717, 1.165) is 19.3 Å². The summed E-state index contributed by atoms with van der Waals surface area (Å²) in [5.41, 5.74) is 0. The monoisotopic (exact) mass is 328 g/mol. The van der Waals surface area contributed by atoms with Crippen LogP contribution in [0.4, 0.5) is 4.79 Å². The van der Waals surface area contributed by atoms with E-state index in [1.807, 2.05) is 13.8 Å². The van der Waals surface area contributed by atoms with Gasteiger partial charge in [0.1, 0.15) is 0 Å². The van der Waals surface area contributed by atoms with Crippen molar-refractivity contribution in [2.45, 2.75) is 70.9 Å². The Labute approximate surface area is 139 Å². The molecule has 134 valence electrons. The zero-order valence-corrected chi connectivity index (χ0v) is 14.8. The first-order chi connectivity index (χ1) is 11.0. The molecule has 0 atom stereocenters. The number of urea groups is 1. The molecule has 0 aromatic carbocycles. The summed E-state index contributed by atoms with van der Waals surface area (Å²) < 4.78 is 10.2. The van der Waals surface area contributed by atoms with Gasteiger partial charge >= 0.3 is 12.0 Å². The van der Waals surface area contributed by atoms with E-state index in [4.69, 9.17) is 4.74 Å². The molecule has 0 bridgehead atoms. The lowest BCUT2D eigenvalue weighted by molar-refractivity contribution is -0.140. The number of hydrogen-bond acceptors (Lipinski definition) is 4. The number of carbonyl (C=O) groups is 2. The van der Waals surface area contributed by atoms with Crippen LogP contribution in [0.3, 0.4) is 0 Å². The zero-order chi connectivity index (χ0) is 17.1. The van der Waals surface area contributed by atoms with Gasteiger partial charge in [0.2, 0.25) is 0 Å². The molecule has 0 spiro atoms. The fourth-order valence-corrected chi connectivity index (χ4v) is 2.73. The Morgan fingerprint density at radius 1 is 1.17 bits per heavy atom. The average molecular weight is 328 g/mol. The van der Waals surface area contributed by atoms with Gasteiger partial charge in [0.05, 0.1) is 19.6 Å². The van der Waals surface area contributed by atoms with E-state index in [1.54, 1.807) is 4.90 Å². The van der Waals surface area contributed by atoms with Crippen molar-refractivity contribution in [3.63, 3.8) is 0 Å². The number of nitrogens with zero attached hydrogens (tertiary/aromatic N) is 1. The maximum absolute atomic E-state index is 12.5. The van der Waals surface area contributed by atoms with E-state index >= 15 is 0 Å². The minimum atomic E-state index is -0.293. The molecule has 1 rings (SSSR count). The number of nitrogens with one attached hydrogen (secondary N) is 1. The summed E-state index contributed by atoms with van der Waals surface area (Å²) in [6.45, 7) is 5.56. The van der Waals surface area contributed by atoms with Crippen LogP contribution >= 0.6 is 0 Å². The van der Waals surface area contributed by atoms with Crippen molar-refractivity contribution in [3.05, 3.63) is 0 Å². The number of esters is 1. The molecule has 6 nitrogen and oxygen atoms in total. The third-order valence-corrected chi connectivity index (χ3v) is 4.06. The average Bonchev–Trinajstić information content (AvgIpc) is 2.54. The first-order valence-corrected chi connectivity index (χ1v) is 8.76. The van der Waals surface area contributed by atoms with Crippen molar-refractivity contribution >= 4 is 12.0 Å². The van der Waals surface area contributed by atoms with Gasteiger partial charge in [-0.1, -0.05) is 19.3 Å². The van der Waals surface area contributed by atoms with Crippen LogP contribution in [0.15, 0.2) is 0 Å². The van der Waals surface area contributed by atoms with E-state index < -0.39 is 0 Å². The molecule has 2 amide bonds. The SMILES string of the molecule is COC(=O)CCN(CCCOC(C)C)C(=O)NC1CCCCC1. The maximum Gasteiger partial charge on any atom is 0.317 e. The summed E-state index contributed by atoms with van der Waals surface area (Å²) in [5.74, 6) is -0.293. The van der Waals surface area contributed by atoms with Gasteiger partial charge in [0, 0.05) is 25.7 Å². The molecule has 1 N–H and O–H groups in total. The molecule has 6 heteroatoms. The molecule has 0 aromatic heterocycles. The topological polar surface area (TPSA) is 67.9 Å². The Morgan fingerprint density at radius 2 is 1.87 bits per heavy atom. The summed E-state index contributed by atoms with van der Waals surface area (Å²) in [6.07, 6.45) is 6.88. The highest BCUT2D eigenvalue weighted by Crippen LogP contribution is 2.17. The Morgan fingerprint density at radius 3 is 2.48 bits per heavy atom. The highest BCUT2D eigenvalue weighted by atomic mass is 16.5. The first kappa shape index (κ1) is 19.7. The van der Waals surface area contributed by atoms with Gasteiger partial charge in [0.25, 0.3) is 0 Å². The van der Waals surface area contributed by atoms with Crippen LogP contribution in [-0.4, -0.2) is 55.9 Å². The number of hydrogen-bond donors (Lipinski definition) is 1. The third kappa shape index (κ3) is 8.79. The minimum absolute atomic E-state index is 0.0784. The largest absolute Gasteiger partial charge is 0.469 e. The summed E-state index contributed by atoms with van der Waals surface area (Å²) in [5, 5.41) is 3.10.